The van der Waals surface area contributed by atoms with E-state index in [1.165, 1.54) is 12.1 Å². The highest BCUT2D eigenvalue weighted by Crippen LogP contribution is 2.32. The molecule has 0 atom stereocenters. The second kappa shape index (κ2) is 5.95. The van der Waals surface area contributed by atoms with Crippen molar-refractivity contribution >= 4 is 17.3 Å². The van der Waals surface area contributed by atoms with Gasteiger partial charge in [0.2, 0.25) is 0 Å². The van der Waals surface area contributed by atoms with Crippen LogP contribution < -0.4 is 0 Å². The van der Waals surface area contributed by atoms with Crippen molar-refractivity contribution in [1.29, 1.82) is 0 Å². The molecule has 2 aromatic carbocycles. The average molecular weight is 311 g/mol. The summed E-state index contributed by atoms with van der Waals surface area (Å²) in [5.74, 6) is 0. The molecule has 0 bridgehead atoms. The topological polar surface area (TPSA) is 56.0 Å². The predicted molar refractivity (Wildman–Crippen MR) is 86.8 cm³/mol. The number of aromatic nitrogens is 1. The lowest BCUT2D eigenvalue weighted by molar-refractivity contribution is -0.384. The molecule has 0 spiro atoms. The third-order valence-electron chi connectivity index (χ3n) is 3.28. The second-order valence-electron chi connectivity index (χ2n) is 4.71. The normalized spacial score (nSPS) is 10.4. The summed E-state index contributed by atoms with van der Waals surface area (Å²) in [6.07, 6.45) is 0. The molecule has 1 aromatic heterocycles. The van der Waals surface area contributed by atoms with Crippen LogP contribution in [0.15, 0.2) is 66.7 Å². The van der Waals surface area contributed by atoms with E-state index < -0.39 is 4.92 Å². The predicted octanol–water partition coefficient (Wildman–Crippen LogP) is 4.98. The van der Waals surface area contributed by atoms with Crippen LogP contribution in [-0.2, 0) is 0 Å². The minimum absolute atomic E-state index is 0.0605. The smallest absolute Gasteiger partial charge is 0.258 e. The molecule has 5 heteroatoms. The van der Waals surface area contributed by atoms with Crippen molar-refractivity contribution < 1.29 is 4.92 Å². The van der Waals surface area contributed by atoms with Gasteiger partial charge in [-0.15, -0.1) is 0 Å². The van der Waals surface area contributed by atoms with Crippen molar-refractivity contribution in [2.24, 2.45) is 0 Å². The van der Waals surface area contributed by atoms with E-state index in [0.29, 0.717) is 5.56 Å². The van der Waals surface area contributed by atoms with Gasteiger partial charge in [0, 0.05) is 11.6 Å². The quantitative estimate of drug-likeness (QED) is 0.389. The third kappa shape index (κ3) is 2.82. The number of rotatable bonds is 3. The van der Waals surface area contributed by atoms with Crippen molar-refractivity contribution in [3.8, 4) is 22.4 Å². The molecule has 1 heterocycles. The van der Waals surface area contributed by atoms with Gasteiger partial charge in [-0.3, -0.25) is 10.1 Å². The van der Waals surface area contributed by atoms with Gasteiger partial charge in [-0.05, 0) is 23.3 Å². The van der Waals surface area contributed by atoms with Crippen LogP contribution in [0.3, 0.4) is 0 Å². The minimum atomic E-state index is -0.451. The summed E-state index contributed by atoms with van der Waals surface area (Å²) in [6, 6.07) is 20.1. The molecule has 3 aromatic rings. The van der Waals surface area contributed by atoms with Gasteiger partial charge in [0.1, 0.15) is 10.8 Å². The maximum atomic E-state index is 11.2. The number of nitro groups is 1. The van der Waals surface area contributed by atoms with Crippen LogP contribution >= 0.6 is 11.6 Å². The molecule has 3 rings (SSSR count). The Labute approximate surface area is 132 Å². The Kier molecular flexibility index (Phi) is 3.85. The monoisotopic (exact) mass is 310 g/mol. The molecule has 0 radical (unpaired) electrons. The van der Waals surface area contributed by atoms with E-state index in [1.54, 1.807) is 6.07 Å². The Balaban J connectivity index is 2.14. The highest BCUT2D eigenvalue weighted by molar-refractivity contribution is 6.29. The molecular weight excluding hydrogens is 300 g/mol. The van der Waals surface area contributed by atoms with E-state index in [2.05, 4.69) is 4.98 Å². The Morgan fingerprint density at radius 2 is 1.55 bits per heavy atom. The zero-order chi connectivity index (χ0) is 15.5. The first-order valence-electron chi connectivity index (χ1n) is 6.62. The van der Waals surface area contributed by atoms with Crippen LogP contribution in [0.4, 0.5) is 5.69 Å². The molecule has 0 fully saturated rings. The van der Waals surface area contributed by atoms with Gasteiger partial charge in [0.25, 0.3) is 5.69 Å². The lowest BCUT2D eigenvalue weighted by atomic mass is 10.0. The molecule has 22 heavy (non-hydrogen) atoms. The van der Waals surface area contributed by atoms with Crippen LogP contribution in [0.25, 0.3) is 22.4 Å². The first-order valence-corrected chi connectivity index (χ1v) is 7.00. The third-order valence-corrected chi connectivity index (χ3v) is 3.49. The highest BCUT2D eigenvalue weighted by Gasteiger charge is 2.17. The van der Waals surface area contributed by atoms with Crippen molar-refractivity contribution in [3.63, 3.8) is 0 Å². The fourth-order valence-electron chi connectivity index (χ4n) is 2.26. The van der Waals surface area contributed by atoms with Gasteiger partial charge >= 0.3 is 0 Å². The number of pyridine rings is 1. The standard InChI is InChI=1S/C17H11ClN2O2/c18-16-10-9-15(20(21)22)17(19-16)14-8-4-7-13(11-14)12-5-2-1-3-6-12/h1-11H. The molecule has 0 aliphatic carbocycles. The van der Waals surface area contributed by atoms with Gasteiger partial charge in [0.15, 0.2) is 0 Å². The molecule has 108 valence electrons. The molecule has 0 unspecified atom stereocenters. The van der Waals surface area contributed by atoms with Gasteiger partial charge < -0.3 is 0 Å². The summed E-state index contributed by atoms with van der Waals surface area (Å²) >= 11 is 5.89. The van der Waals surface area contributed by atoms with Crippen LogP contribution in [-0.4, -0.2) is 9.91 Å². The average Bonchev–Trinajstić information content (AvgIpc) is 2.55. The summed E-state index contributed by atoms with van der Waals surface area (Å²) in [4.78, 5) is 14.9. The summed E-state index contributed by atoms with van der Waals surface area (Å²) in [5, 5.41) is 11.4. The molecule has 0 saturated heterocycles. The van der Waals surface area contributed by atoms with Gasteiger partial charge in [-0.2, -0.15) is 0 Å². The van der Waals surface area contributed by atoms with Gasteiger partial charge in [-0.25, -0.2) is 4.98 Å². The Morgan fingerprint density at radius 3 is 2.27 bits per heavy atom. The molecule has 4 nitrogen and oxygen atoms in total. The van der Waals surface area contributed by atoms with Crippen LogP contribution in [0.1, 0.15) is 0 Å². The zero-order valence-corrected chi connectivity index (χ0v) is 12.2. The maximum Gasteiger partial charge on any atom is 0.295 e. The van der Waals surface area contributed by atoms with E-state index in [1.807, 2.05) is 48.5 Å². The lowest BCUT2D eigenvalue weighted by Crippen LogP contribution is -1.95. The molecule has 0 saturated carbocycles. The Morgan fingerprint density at radius 1 is 0.864 bits per heavy atom. The fraction of sp³-hybridized carbons (Fsp3) is 0. The number of halogens is 1. The maximum absolute atomic E-state index is 11.2. The summed E-state index contributed by atoms with van der Waals surface area (Å²) < 4.78 is 0. The zero-order valence-electron chi connectivity index (χ0n) is 11.4. The summed E-state index contributed by atoms with van der Waals surface area (Å²) in [5.41, 5.74) is 2.88. The Hall–Kier alpha value is -2.72. The van der Waals surface area contributed by atoms with Crippen molar-refractivity contribution in [1.82, 2.24) is 4.98 Å². The van der Waals surface area contributed by atoms with E-state index in [0.717, 1.165) is 11.1 Å². The van der Waals surface area contributed by atoms with E-state index in [9.17, 15) is 10.1 Å². The molecule has 0 aliphatic rings. The summed E-state index contributed by atoms with van der Waals surface area (Å²) in [6.45, 7) is 0. The number of nitrogens with zero attached hydrogens (tertiary/aromatic N) is 2. The van der Waals surface area contributed by atoms with Crippen LogP contribution in [0, 0.1) is 10.1 Å². The van der Waals surface area contributed by atoms with Crippen LogP contribution in [0.2, 0.25) is 5.15 Å². The number of benzene rings is 2. The first kappa shape index (κ1) is 14.2. The summed E-state index contributed by atoms with van der Waals surface area (Å²) in [7, 11) is 0. The lowest BCUT2D eigenvalue weighted by Gasteiger charge is -2.06. The Bertz CT molecular complexity index is 835. The highest BCUT2D eigenvalue weighted by atomic mass is 35.5. The number of hydrogen-bond acceptors (Lipinski definition) is 3. The van der Waals surface area contributed by atoms with Crippen LogP contribution in [0.5, 0.6) is 0 Å². The largest absolute Gasteiger partial charge is 0.295 e. The first-order chi connectivity index (χ1) is 10.6. The van der Waals surface area contributed by atoms with E-state index >= 15 is 0 Å². The molecule has 0 aliphatic heterocycles. The molecule has 0 N–H and O–H groups in total. The minimum Gasteiger partial charge on any atom is -0.258 e. The second-order valence-corrected chi connectivity index (χ2v) is 5.09. The number of hydrogen-bond donors (Lipinski definition) is 0. The SMILES string of the molecule is O=[N+]([O-])c1ccc(Cl)nc1-c1cccc(-c2ccccc2)c1. The van der Waals surface area contributed by atoms with Crippen molar-refractivity contribution in [2.45, 2.75) is 0 Å². The van der Waals surface area contributed by atoms with Gasteiger partial charge in [0.05, 0.1) is 4.92 Å². The molecule has 0 amide bonds. The van der Waals surface area contributed by atoms with Crippen molar-refractivity contribution in [3.05, 3.63) is 82.0 Å². The van der Waals surface area contributed by atoms with Gasteiger partial charge in [-0.1, -0.05) is 60.1 Å². The fourth-order valence-corrected chi connectivity index (χ4v) is 2.41. The van der Waals surface area contributed by atoms with Crippen molar-refractivity contribution in [2.75, 3.05) is 0 Å². The molecular formula is C17H11ClN2O2. The van der Waals surface area contributed by atoms with E-state index in [4.69, 9.17) is 11.6 Å². The van der Waals surface area contributed by atoms with E-state index in [-0.39, 0.29) is 16.5 Å².